The number of carbonyl (C=O) groups excluding carboxylic acids is 2. The largest absolute Gasteiger partial charge is 0.462 e. The van der Waals surface area contributed by atoms with Gasteiger partial charge in [0.05, 0.1) is 50.0 Å². The standard InChI is InChI=1S/C60H92O26/c1-25(2)12-11-17-59(9)49-33(79-27(4)62)20-58(8)29-13-14-35-56(5,6)36(16-18-57(35,7)28(29)15-19-60(49,58)55(73)86-59)81-53-47(38(67)31(64)23-77-53)85-54-48(84-50-40(69)37(66)30(63)22-75-50)41(70)44(26(3)78-54)82-52-43(72)46(39(68)34(21-61)80-52)83-51-42(71)45(74-10)32(65)24-76-51/h11-13,17,26,28,30-54,61,63-72H,14-16,18-24H2,1-10H3/b17-11-/t26?,28?,30?,31?,32?,33?,34?,35?,36?,37?,38?,39?,40?,41?,42?,43?,44?,45?,46?,47?,48?,49?,50?,51?,52?,53?,54?,57?,58-,59-,60?/m0/s1. The number of rotatable bonds is 15. The first-order chi connectivity index (χ1) is 40.5. The molecule has 29 unspecified atom stereocenters. The molecule has 10 rings (SSSR count). The molecule has 1 spiro atoms. The summed E-state index contributed by atoms with van der Waals surface area (Å²) in [5.74, 6) is -1.08. The van der Waals surface area contributed by atoms with Gasteiger partial charge in [-0.1, -0.05) is 57.1 Å². The first kappa shape index (κ1) is 66.2. The summed E-state index contributed by atoms with van der Waals surface area (Å²) >= 11 is 0. The van der Waals surface area contributed by atoms with Crippen LogP contribution in [-0.4, -0.2) is 255 Å². The molecule has 86 heavy (non-hydrogen) atoms. The molecule has 26 nitrogen and oxygen atoms in total. The van der Waals surface area contributed by atoms with E-state index < -0.39 is 194 Å². The zero-order valence-corrected chi connectivity index (χ0v) is 50.5. The van der Waals surface area contributed by atoms with Gasteiger partial charge in [0.1, 0.15) is 109 Å². The smallest absolute Gasteiger partial charge is 0.314 e. The summed E-state index contributed by atoms with van der Waals surface area (Å²) in [6, 6.07) is 0. The van der Waals surface area contributed by atoms with Gasteiger partial charge in [-0.2, -0.15) is 0 Å². The van der Waals surface area contributed by atoms with E-state index in [2.05, 4.69) is 33.8 Å². The number of carbonyl (C=O) groups is 2. The quantitative estimate of drug-likeness (QED) is 0.0534. The third kappa shape index (κ3) is 11.3. The number of ether oxygens (including phenoxy) is 13. The van der Waals surface area contributed by atoms with E-state index in [1.165, 1.54) is 26.5 Å². The maximum absolute atomic E-state index is 14.7. The second-order valence-corrected chi connectivity index (χ2v) is 27.1. The molecule has 9 fully saturated rings. The van der Waals surface area contributed by atoms with Gasteiger partial charge in [0.25, 0.3) is 0 Å². The fourth-order valence-electron chi connectivity index (χ4n) is 16.9. The Morgan fingerprint density at radius 3 is 1.93 bits per heavy atom. The summed E-state index contributed by atoms with van der Waals surface area (Å²) in [7, 11) is 1.25. The van der Waals surface area contributed by atoms with Gasteiger partial charge >= 0.3 is 11.9 Å². The Hall–Kier alpha value is -2.72. The number of esters is 2. The lowest BCUT2D eigenvalue weighted by molar-refractivity contribution is -0.402. The van der Waals surface area contributed by atoms with Crippen LogP contribution in [0, 0.1) is 39.4 Å². The summed E-state index contributed by atoms with van der Waals surface area (Å²) in [5.41, 5.74) is -1.32. The Bertz CT molecular complexity index is 2510. The molecule has 31 atom stereocenters. The first-order valence-electron chi connectivity index (χ1n) is 30.3. The van der Waals surface area contributed by atoms with Gasteiger partial charge in [-0.15, -0.1) is 0 Å². The van der Waals surface area contributed by atoms with Crippen LogP contribution in [0.25, 0.3) is 0 Å². The lowest BCUT2D eigenvalue weighted by Gasteiger charge is -2.63. The molecule has 10 aliphatic rings. The van der Waals surface area contributed by atoms with Gasteiger partial charge in [-0.25, -0.2) is 0 Å². The highest BCUT2D eigenvalue weighted by molar-refractivity contribution is 5.84. The van der Waals surface area contributed by atoms with Crippen LogP contribution in [0.15, 0.2) is 35.5 Å². The van der Waals surface area contributed by atoms with Crippen molar-refractivity contribution >= 4 is 11.9 Å². The minimum absolute atomic E-state index is 0.00437. The molecule has 0 bridgehead atoms. The first-order valence-corrected chi connectivity index (χ1v) is 30.3. The zero-order chi connectivity index (χ0) is 62.5. The number of fused-ring (bicyclic) bond motifs is 4. The van der Waals surface area contributed by atoms with Crippen molar-refractivity contribution in [3.05, 3.63) is 35.5 Å². The summed E-state index contributed by atoms with van der Waals surface area (Å²) in [4.78, 5) is 27.5. The van der Waals surface area contributed by atoms with Crippen molar-refractivity contribution in [3.63, 3.8) is 0 Å². The Balaban J connectivity index is 0.889. The molecule has 3 saturated carbocycles. The molecule has 0 amide bonds. The Labute approximate surface area is 500 Å². The summed E-state index contributed by atoms with van der Waals surface area (Å²) < 4.78 is 78.9. The summed E-state index contributed by atoms with van der Waals surface area (Å²) in [6.07, 6.45) is -25.2. The molecular formula is C60H92O26. The fourth-order valence-corrected chi connectivity index (χ4v) is 16.9. The van der Waals surface area contributed by atoms with Crippen LogP contribution in [0.5, 0.6) is 0 Å². The van der Waals surface area contributed by atoms with E-state index in [9.17, 15) is 65.8 Å². The van der Waals surface area contributed by atoms with Gasteiger partial charge in [0, 0.05) is 19.4 Å². The summed E-state index contributed by atoms with van der Waals surface area (Å²) in [5, 5.41) is 122. The highest BCUT2D eigenvalue weighted by Crippen LogP contribution is 2.76. The number of hydrogen-bond donors (Lipinski definition) is 11. The van der Waals surface area contributed by atoms with Crippen molar-refractivity contribution in [2.45, 2.75) is 254 Å². The maximum Gasteiger partial charge on any atom is 0.314 e. The number of cyclic esters (lactones) is 1. The second kappa shape index (κ2) is 25.1. The van der Waals surface area contributed by atoms with Gasteiger partial charge in [-0.05, 0) is 95.0 Å². The number of aliphatic hydroxyl groups excluding tert-OH is 11. The Kier molecular flexibility index (Phi) is 19.3. The Morgan fingerprint density at radius 2 is 1.27 bits per heavy atom. The number of hydrogen-bond acceptors (Lipinski definition) is 26. The molecule has 6 heterocycles. The van der Waals surface area contributed by atoms with Crippen LogP contribution in [0.2, 0.25) is 0 Å². The van der Waals surface area contributed by atoms with E-state index in [1.807, 2.05) is 39.0 Å². The van der Waals surface area contributed by atoms with Crippen LogP contribution in [0.3, 0.4) is 0 Å². The molecule has 26 heteroatoms. The van der Waals surface area contributed by atoms with Crippen LogP contribution < -0.4 is 0 Å². The van der Waals surface area contributed by atoms with Gasteiger partial charge in [0.15, 0.2) is 31.5 Å². The van der Waals surface area contributed by atoms with E-state index in [0.717, 1.165) is 5.57 Å². The normalized spacial score (nSPS) is 51.8. The van der Waals surface area contributed by atoms with E-state index in [4.69, 9.17) is 61.6 Å². The zero-order valence-electron chi connectivity index (χ0n) is 50.5. The minimum Gasteiger partial charge on any atom is -0.462 e. The van der Waals surface area contributed by atoms with Gasteiger partial charge < -0.3 is 118 Å². The van der Waals surface area contributed by atoms with Crippen LogP contribution in [-0.2, 0) is 71.2 Å². The van der Waals surface area contributed by atoms with Crippen molar-refractivity contribution in [1.29, 1.82) is 0 Å². The number of aliphatic hydroxyl groups is 11. The highest BCUT2D eigenvalue weighted by atomic mass is 16.8. The minimum atomic E-state index is -1.93. The lowest BCUT2D eigenvalue weighted by atomic mass is 9.41. The molecule has 0 aromatic heterocycles. The second-order valence-electron chi connectivity index (χ2n) is 27.1. The van der Waals surface area contributed by atoms with Crippen molar-refractivity contribution in [1.82, 2.24) is 0 Å². The van der Waals surface area contributed by atoms with Crippen LogP contribution in [0.4, 0.5) is 0 Å². The molecule has 11 N–H and O–H groups in total. The molecule has 6 aliphatic heterocycles. The van der Waals surface area contributed by atoms with Crippen molar-refractivity contribution in [3.8, 4) is 0 Å². The van der Waals surface area contributed by atoms with Crippen molar-refractivity contribution in [2.75, 3.05) is 33.5 Å². The van der Waals surface area contributed by atoms with Gasteiger partial charge in [0.2, 0.25) is 0 Å². The summed E-state index contributed by atoms with van der Waals surface area (Å²) in [6.45, 7) is 15.4. The average molecular weight is 1230 g/mol. The molecule has 0 aromatic rings. The third-order valence-corrected chi connectivity index (χ3v) is 21.3. The predicted octanol–water partition coefficient (Wildman–Crippen LogP) is -0.968. The van der Waals surface area contributed by atoms with Crippen LogP contribution in [0.1, 0.15) is 101 Å². The molecular weight excluding hydrogens is 1140 g/mol. The highest BCUT2D eigenvalue weighted by Gasteiger charge is 2.79. The maximum atomic E-state index is 14.7. The van der Waals surface area contributed by atoms with Crippen molar-refractivity contribution < 1.29 is 127 Å². The molecule has 488 valence electrons. The molecule has 0 radical (unpaired) electrons. The lowest BCUT2D eigenvalue weighted by Crippen LogP contribution is -2.67. The van der Waals surface area contributed by atoms with Crippen molar-refractivity contribution in [2.24, 2.45) is 39.4 Å². The number of allylic oxidation sites excluding steroid dienone is 5. The SMILES string of the molecule is COC1C(O)COC(OC2C(O)C(CO)OC(OC3C(C)OC(OC4C(OC5CCC6(C)C7CCC89C(=O)O[C@@](C)(/C=C\C=C(C)C)C8C(OC(C)=O)C[C@@]9(C)C7=CCC6C5(C)C)OCC(O)C4O)C(OC4OCC(O)C(O)C4O)C3O)C2O)C1O. The van der Waals surface area contributed by atoms with E-state index in [0.29, 0.717) is 38.5 Å². The van der Waals surface area contributed by atoms with Crippen LogP contribution >= 0.6 is 0 Å². The van der Waals surface area contributed by atoms with E-state index >= 15 is 0 Å². The van der Waals surface area contributed by atoms with Gasteiger partial charge in [-0.3, -0.25) is 9.59 Å². The molecule has 4 aliphatic carbocycles. The third-order valence-electron chi connectivity index (χ3n) is 21.3. The Morgan fingerprint density at radius 1 is 0.663 bits per heavy atom. The van der Waals surface area contributed by atoms with E-state index in [-0.39, 0.29) is 36.4 Å². The average Bonchev–Trinajstić information content (AvgIpc) is 1.46. The topological polar surface area (TPSA) is 377 Å². The molecule has 0 aromatic carbocycles. The molecule has 6 saturated heterocycles. The fraction of sp³-hybridized carbons (Fsp3) is 0.867. The number of methoxy groups -OCH3 is 1. The monoisotopic (exact) mass is 1230 g/mol. The predicted molar refractivity (Wildman–Crippen MR) is 292 cm³/mol. The van der Waals surface area contributed by atoms with E-state index in [1.54, 1.807) is 0 Å².